The third-order valence-electron chi connectivity index (χ3n) is 2.06. The highest BCUT2D eigenvalue weighted by molar-refractivity contribution is 7.09. The highest BCUT2D eigenvalue weighted by Gasteiger charge is 2.08. The standard InChI is InChI=1S/C10H19N3S/c1-7(11)4-5-12-9(3)10-13-8(2)6-14-10/h6-7,9,12H,4-5,11H2,1-3H3. The molecule has 14 heavy (non-hydrogen) atoms. The third-order valence-corrected chi connectivity index (χ3v) is 3.20. The van der Waals surface area contributed by atoms with Gasteiger partial charge in [-0.2, -0.15) is 0 Å². The van der Waals surface area contributed by atoms with Crippen LogP contribution in [-0.4, -0.2) is 17.6 Å². The van der Waals surface area contributed by atoms with Crippen LogP contribution in [0.3, 0.4) is 0 Å². The molecule has 4 heteroatoms. The summed E-state index contributed by atoms with van der Waals surface area (Å²) in [6.07, 6.45) is 1.01. The van der Waals surface area contributed by atoms with E-state index in [1.807, 2.05) is 13.8 Å². The number of rotatable bonds is 5. The molecule has 0 spiro atoms. The van der Waals surface area contributed by atoms with E-state index in [4.69, 9.17) is 5.73 Å². The maximum atomic E-state index is 5.67. The summed E-state index contributed by atoms with van der Waals surface area (Å²) in [6, 6.07) is 0.611. The Bertz CT molecular complexity index is 270. The highest BCUT2D eigenvalue weighted by atomic mass is 32.1. The van der Waals surface area contributed by atoms with Gasteiger partial charge in [-0.1, -0.05) is 0 Å². The lowest BCUT2D eigenvalue weighted by Gasteiger charge is -2.12. The van der Waals surface area contributed by atoms with Crippen molar-refractivity contribution < 1.29 is 0 Å². The van der Waals surface area contributed by atoms with E-state index in [-0.39, 0.29) is 6.04 Å². The lowest BCUT2D eigenvalue weighted by molar-refractivity contribution is 0.527. The molecule has 0 aliphatic heterocycles. The number of aromatic nitrogens is 1. The van der Waals surface area contributed by atoms with Gasteiger partial charge < -0.3 is 11.1 Å². The normalized spacial score (nSPS) is 15.4. The van der Waals surface area contributed by atoms with Crippen LogP contribution in [0, 0.1) is 6.92 Å². The van der Waals surface area contributed by atoms with Gasteiger partial charge in [-0.3, -0.25) is 0 Å². The van der Waals surface area contributed by atoms with Crippen molar-refractivity contribution in [2.24, 2.45) is 5.73 Å². The first-order valence-corrected chi connectivity index (χ1v) is 5.88. The second kappa shape index (κ2) is 5.44. The fourth-order valence-corrected chi connectivity index (χ4v) is 2.01. The first-order chi connectivity index (χ1) is 6.59. The zero-order chi connectivity index (χ0) is 10.6. The lowest BCUT2D eigenvalue weighted by atomic mass is 10.2. The van der Waals surface area contributed by atoms with Crippen molar-refractivity contribution >= 4 is 11.3 Å². The van der Waals surface area contributed by atoms with Crippen molar-refractivity contribution in [1.29, 1.82) is 0 Å². The van der Waals surface area contributed by atoms with Gasteiger partial charge in [0.1, 0.15) is 5.01 Å². The van der Waals surface area contributed by atoms with E-state index in [0.29, 0.717) is 6.04 Å². The van der Waals surface area contributed by atoms with Crippen molar-refractivity contribution in [2.45, 2.75) is 39.3 Å². The number of hydrogen-bond acceptors (Lipinski definition) is 4. The second-order valence-electron chi connectivity index (χ2n) is 3.77. The number of thiazole rings is 1. The molecule has 80 valence electrons. The highest BCUT2D eigenvalue weighted by Crippen LogP contribution is 2.16. The van der Waals surface area contributed by atoms with Crippen LogP contribution in [0.5, 0.6) is 0 Å². The summed E-state index contributed by atoms with van der Waals surface area (Å²) in [6.45, 7) is 7.14. The molecular formula is C10H19N3S. The number of nitrogens with zero attached hydrogens (tertiary/aromatic N) is 1. The molecule has 1 aromatic heterocycles. The average Bonchev–Trinajstić information content (AvgIpc) is 2.51. The number of nitrogens with one attached hydrogen (secondary N) is 1. The van der Waals surface area contributed by atoms with Crippen molar-refractivity contribution in [3.05, 3.63) is 16.1 Å². The van der Waals surface area contributed by atoms with Gasteiger partial charge in [-0.05, 0) is 33.7 Å². The maximum Gasteiger partial charge on any atom is 0.110 e. The molecule has 1 heterocycles. The van der Waals surface area contributed by atoms with Crippen molar-refractivity contribution in [1.82, 2.24) is 10.3 Å². The quantitative estimate of drug-likeness (QED) is 0.784. The summed E-state index contributed by atoms with van der Waals surface area (Å²) in [5.41, 5.74) is 6.77. The summed E-state index contributed by atoms with van der Waals surface area (Å²) in [4.78, 5) is 4.43. The zero-order valence-electron chi connectivity index (χ0n) is 9.08. The summed E-state index contributed by atoms with van der Waals surface area (Å²) >= 11 is 1.71. The van der Waals surface area contributed by atoms with E-state index in [9.17, 15) is 0 Å². The average molecular weight is 213 g/mol. The van der Waals surface area contributed by atoms with Crippen LogP contribution in [0.1, 0.15) is 37.0 Å². The maximum absolute atomic E-state index is 5.67. The van der Waals surface area contributed by atoms with Gasteiger partial charge in [0.05, 0.1) is 6.04 Å². The Morgan fingerprint density at radius 3 is 2.79 bits per heavy atom. The van der Waals surface area contributed by atoms with Crippen LogP contribution < -0.4 is 11.1 Å². The van der Waals surface area contributed by atoms with Crippen LogP contribution in [-0.2, 0) is 0 Å². The van der Waals surface area contributed by atoms with Crippen molar-refractivity contribution in [2.75, 3.05) is 6.54 Å². The van der Waals surface area contributed by atoms with E-state index in [1.165, 1.54) is 0 Å². The van der Waals surface area contributed by atoms with Gasteiger partial charge in [-0.15, -0.1) is 11.3 Å². The van der Waals surface area contributed by atoms with E-state index in [0.717, 1.165) is 23.7 Å². The minimum absolute atomic E-state index is 0.271. The molecule has 0 fully saturated rings. The first kappa shape index (κ1) is 11.6. The van der Waals surface area contributed by atoms with Crippen LogP contribution in [0.15, 0.2) is 5.38 Å². The molecule has 3 N–H and O–H groups in total. The number of nitrogens with two attached hydrogens (primary N) is 1. The SMILES string of the molecule is Cc1csc(C(C)NCCC(C)N)n1. The molecule has 0 saturated carbocycles. The van der Waals surface area contributed by atoms with Gasteiger partial charge in [-0.25, -0.2) is 4.98 Å². The fraction of sp³-hybridized carbons (Fsp3) is 0.700. The molecule has 2 unspecified atom stereocenters. The van der Waals surface area contributed by atoms with Crippen molar-refractivity contribution in [3.63, 3.8) is 0 Å². The Hall–Kier alpha value is -0.450. The summed E-state index contributed by atoms with van der Waals surface area (Å²) in [5.74, 6) is 0. The van der Waals surface area contributed by atoms with E-state index in [2.05, 4.69) is 22.6 Å². The molecule has 0 bridgehead atoms. The van der Waals surface area contributed by atoms with Gasteiger partial charge in [0.25, 0.3) is 0 Å². The van der Waals surface area contributed by atoms with Gasteiger partial charge in [0, 0.05) is 17.1 Å². The Balaban J connectivity index is 2.32. The molecule has 3 nitrogen and oxygen atoms in total. The molecule has 0 saturated heterocycles. The van der Waals surface area contributed by atoms with E-state index >= 15 is 0 Å². The van der Waals surface area contributed by atoms with Crippen LogP contribution in [0.25, 0.3) is 0 Å². The molecule has 0 amide bonds. The van der Waals surface area contributed by atoms with Crippen LogP contribution in [0.2, 0.25) is 0 Å². The largest absolute Gasteiger partial charge is 0.328 e. The lowest BCUT2D eigenvalue weighted by Crippen LogP contribution is -2.26. The first-order valence-electron chi connectivity index (χ1n) is 5.00. The van der Waals surface area contributed by atoms with Gasteiger partial charge in [0.15, 0.2) is 0 Å². The Kier molecular flexibility index (Phi) is 4.51. The van der Waals surface area contributed by atoms with E-state index in [1.54, 1.807) is 11.3 Å². The Labute approximate surface area is 89.7 Å². The molecule has 0 radical (unpaired) electrons. The minimum atomic E-state index is 0.271. The molecule has 0 aromatic carbocycles. The second-order valence-corrected chi connectivity index (χ2v) is 4.66. The van der Waals surface area contributed by atoms with Crippen LogP contribution in [0.4, 0.5) is 0 Å². The summed E-state index contributed by atoms with van der Waals surface area (Å²) in [7, 11) is 0. The monoisotopic (exact) mass is 213 g/mol. The predicted octanol–water partition coefficient (Wildman–Crippen LogP) is 1.84. The molecule has 0 aliphatic rings. The molecular weight excluding hydrogens is 194 g/mol. The Morgan fingerprint density at radius 2 is 2.29 bits per heavy atom. The Morgan fingerprint density at radius 1 is 1.57 bits per heavy atom. The summed E-state index contributed by atoms with van der Waals surface area (Å²) < 4.78 is 0. The molecule has 1 rings (SSSR count). The fourth-order valence-electron chi connectivity index (χ4n) is 1.19. The number of aryl methyl sites for hydroxylation is 1. The third kappa shape index (κ3) is 3.74. The van der Waals surface area contributed by atoms with Crippen LogP contribution >= 0.6 is 11.3 Å². The summed E-state index contributed by atoms with van der Waals surface area (Å²) in [5, 5.41) is 6.65. The van der Waals surface area contributed by atoms with Crippen molar-refractivity contribution in [3.8, 4) is 0 Å². The molecule has 1 aromatic rings. The molecule has 0 aliphatic carbocycles. The van der Waals surface area contributed by atoms with Gasteiger partial charge in [0.2, 0.25) is 0 Å². The minimum Gasteiger partial charge on any atom is -0.328 e. The smallest absolute Gasteiger partial charge is 0.110 e. The zero-order valence-corrected chi connectivity index (χ0v) is 9.90. The predicted molar refractivity (Wildman–Crippen MR) is 61.5 cm³/mol. The topological polar surface area (TPSA) is 50.9 Å². The van der Waals surface area contributed by atoms with E-state index < -0.39 is 0 Å². The number of hydrogen-bond donors (Lipinski definition) is 2. The van der Waals surface area contributed by atoms with Gasteiger partial charge >= 0.3 is 0 Å². The molecule has 2 atom stereocenters.